The Hall–Kier alpha value is -1.91. The Morgan fingerprint density at radius 3 is 2.65 bits per heavy atom. The average Bonchev–Trinajstić information content (AvgIpc) is 3.24. The molecular formula is C16H24N2O7S. The van der Waals surface area contributed by atoms with Gasteiger partial charge in [-0.1, -0.05) is 13.8 Å². The molecule has 0 spiro atoms. The van der Waals surface area contributed by atoms with Gasteiger partial charge in [0, 0.05) is 20.2 Å². The highest BCUT2D eigenvalue weighted by Gasteiger charge is 2.41. The van der Waals surface area contributed by atoms with Crippen molar-refractivity contribution < 1.29 is 32.3 Å². The zero-order chi connectivity index (χ0) is 19.5. The van der Waals surface area contributed by atoms with Crippen LogP contribution in [0.25, 0.3) is 0 Å². The van der Waals surface area contributed by atoms with E-state index in [-0.39, 0.29) is 25.1 Å². The summed E-state index contributed by atoms with van der Waals surface area (Å²) in [7, 11) is -2.54. The van der Waals surface area contributed by atoms with Crippen molar-refractivity contribution >= 4 is 21.9 Å². The molecule has 2 unspecified atom stereocenters. The first-order valence-electron chi connectivity index (χ1n) is 8.34. The molecule has 26 heavy (non-hydrogen) atoms. The lowest BCUT2D eigenvalue weighted by Gasteiger charge is -2.24. The standard InChI is InChI=1S/C16H24N2O7S/c1-10(2)13(24-3)9-17-15(19)11-5-4-8-18(11)26(22,23)14-7-6-12(25-14)16(20)21/h6-7,10-11,13H,4-5,8-9H2,1-3H3,(H,17,19)(H,20,21). The fourth-order valence-electron chi connectivity index (χ4n) is 2.89. The van der Waals surface area contributed by atoms with Crippen LogP contribution in [0.1, 0.15) is 37.2 Å². The van der Waals surface area contributed by atoms with E-state index in [0.29, 0.717) is 12.8 Å². The predicted octanol–water partition coefficient (Wildman–Crippen LogP) is 0.918. The highest BCUT2D eigenvalue weighted by Crippen LogP contribution is 2.27. The van der Waals surface area contributed by atoms with Crippen LogP contribution in [-0.2, 0) is 19.6 Å². The fourth-order valence-corrected chi connectivity index (χ4v) is 4.46. The zero-order valence-electron chi connectivity index (χ0n) is 15.0. The number of hydrogen-bond donors (Lipinski definition) is 2. The number of carbonyl (C=O) groups is 2. The van der Waals surface area contributed by atoms with Crippen LogP contribution in [0, 0.1) is 5.92 Å². The predicted molar refractivity (Wildman–Crippen MR) is 91.2 cm³/mol. The van der Waals surface area contributed by atoms with Crippen molar-refractivity contribution in [1.29, 1.82) is 0 Å². The highest BCUT2D eigenvalue weighted by atomic mass is 32.2. The first-order chi connectivity index (χ1) is 12.2. The van der Waals surface area contributed by atoms with Gasteiger partial charge in [0.05, 0.1) is 6.10 Å². The van der Waals surface area contributed by atoms with Crippen molar-refractivity contribution in [1.82, 2.24) is 9.62 Å². The third-order valence-corrected chi connectivity index (χ3v) is 6.17. The Balaban J connectivity index is 2.12. The molecular weight excluding hydrogens is 364 g/mol. The molecule has 1 aliphatic heterocycles. The lowest BCUT2D eigenvalue weighted by atomic mass is 10.1. The van der Waals surface area contributed by atoms with Gasteiger partial charge in [-0.05, 0) is 30.9 Å². The van der Waals surface area contributed by atoms with Crippen LogP contribution in [0.3, 0.4) is 0 Å². The van der Waals surface area contributed by atoms with Crippen LogP contribution in [0.5, 0.6) is 0 Å². The number of amides is 1. The van der Waals surface area contributed by atoms with Crippen molar-refractivity contribution in [2.75, 3.05) is 20.2 Å². The van der Waals surface area contributed by atoms with E-state index in [2.05, 4.69) is 5.32 Å². The summed E-state index contributed by atoms with van der Waals surface area (Å²) in [5, 5.41) is 11.1. The van der Waals surface area contributed by atoms with Gasteiger partial charge >= 0.3 is 5.97 Å². The Morgan fingerprint density at radius 1 is 1.42 bits per heavy atom. The van der Waals surface area contributed by atoms with Crippen LogP contribution in [0.15, 0.2) is 21.6 Å². The van der Waals surface area contributed by atoms with Gasteiger partial charge in [0.1, 0.15) is 6.04 Å². The quantitative estimate of drug-likeness (QED) is 0.678. The molecule has 10 heteroatoms. The molecule has 1 aliphatic rings. The van der Waals surface area contributed by atoms with Crippen LogP contribution in [-0.4, -0.2) is 62.1 Å². The molecule has 0 bridgehead atoms. The lowest BCUT2D eigenvalue weighted by molar-refractivity contribution is -0.124. The minimum atomic E-state index is -4.09. The van der Waals surface area contributed by atoms with E-state index in [1.54, 1.807) is 7.11 Å². The second-order valence-corrected chi connectivity index (χ2v) is 8.28. The molecule has 2 heterocycles. The molecule has 1 amide bonds. The van der Waals surface area contributed by atoms with Gasteiger partial charge in [0.25, 0.3) is 10.0 Å². The van der Waals surface area contributed by atoms with E-state index in [4.69, 9.17) is 14.3 Å². The van der Waals surface area contributed by atoms with Crippen molar-refractivity contribution in [3.05, 3.63) is 17.9 Å². The topological polar surface area (TPSA) is 126 Å². The summed E-state index contributed by atoms with van der Waals surface area (Å²) < 4.78 is 36.7. The lowest BCUT2D eigenvalue weighted by Crippen LogP contribution is -2.48. The van der Waals surface area contributed by atoms with E-state index in [9.17, 15) is 18.0 Å². The summed E-state index contributed by atoms with van der Waals surface area (Å²) in [6.07, 6.45) is 0.743. The monoisotopic (exact) mass is 388 g/mol. The summed E-state index contributed by atoms with van der Waals surface area (Å²) in [5.41, 5.74) is 0. The van der Waals surface area contributed by atoms with Crippen LogP contribution < -0.4 is 5.32 Å². The molecule has 1 aromatic heterocycles. The van der Waals surface area contributed by atoms with E-state index >= 15 is 0 Å². The van der Waals surface area contributed by atoms with E-state index in [0.717, 1.165) is 16.4 Å². The van der Waals surface area contributed by atoms with E-state index in [1.807, 2.05) is 13.8 Å². The number of nitrogens with one attached hydrogen (secondary N) is 1. The largest absolute Gasteiger partial charge is 0.475 e. The molecule has 0 aromatic carbocycles. The molecule has 0 saturated carbocycles. The molecule has 2 N–H and O–H groups in total. The van der Waals surface area contributed by atoms with Crippen molar-refractivity contribution in [2.45, 2.75) is 43.9 Å². The Kier molecular flexibility index (Phi) is 6.43. The normalized spacial score (nSPS) is 19.6. The molecule has 9 nitrogen and oxygen atoms in total. The van der Waals surface area contributed by atoms with Gasteiger partial charge in [0.2, 0.25) is 16.8 Å². The number of rotatable bonds is 8. The Morgan fingerprint density at radius 2 is 2.12 bits per heavy atom. The average molecular weight is 388 g/mol. The van der Waals surface area contributed by atoms with Crippen molar-refractivity contribution in [3.63, 3.8) is 0 Å². The smallest absolute Gasteiger partial charge is 0.371 e. The molecule has 1 saturated heterocycles. The number of methoxy groups -OCH3 is 1. The fraction of sp³-hybridized carbons (Fsp3) is 0.625. The summed E-state index contributed by atoms with van der Waals surface area (Å²) in [5.74, 6) is -2.04. The van der Waals surface area contributed by atoms with Gasteiger partial charge in [-0.2, -0.15) is 4.31 Å². The van der Waals surface area contributed by atoms with Crippen molar-refractivity contribution in [3.8, 4) is 0 Å². The number of carbonyl (C=O) groups excluding carboxylic acids is 1. The number of hydrogen-bond acceptors (Lipinski definition) is 6. The second-order valence-electron chi connectivity index (χ2n) is 6.46. The number of carboxylic acid groups (broad SMARTS) is 1. The number of sulfonamides is 1. The second kappa shape index (κ2) is 8.19. The first-order valence-corrected chi connectivity index (χ1v) is 9.78. The Bertz CT molecular complexity index is 756. The van der Waals surface area contributed by atoms with Crippen LogP contribution in [0.2, 0.25) is 0 Å². The zero-order valence-corrected chi connectivity index (χ0v) is 15.8. The van der Waals surface area contributed by atoms with Gasteiger partial charge < -0.3 is 19.6 Å². The van der Waals surface area contributed by atoms with Gasteiger partial charge in [-0.3, -0.25) is 4.79 Å². The minimum absolute atomic E-state index is 0.168. The van der Waals surface area contributed by atoms with Crippen LogP contribution >= 0.6 is 0 Å². The van der Waals surface area contributed by atoms with E-state index in [1.165, 1.54) is 0 Å². The third kappa shape index (κ3) is 4.25. The first kappa shape index (κ1) is 20.4. The number of ether oxygens (including phenoxy) is 1. The molecule has 1 aromatic rings. The number of aromatic carboxylic acids is 1. The van der Waals surface area contributed by atoms with Gasteiger partial charge in [-0.15, -0.1) is 0 Å². The van der Waals surface area contributed by atoms with Gasteiger partial charge in [-0.25, -0.2) is 13.2 Å². The number of carboxylic acids is 1. The van der Waals surface area contributed by atoms with Crippen LogP contribution in [0.4, 0.5) is 0 Å². The summed E-state index contributed by atoms with van der Waals surface area (Å²) >= 11 is 0. The molecule has 0 radical (unpaired) electrons. The summed E-state index contributed by atoms with van der Waals surface area (Å²) in [4.78, 5) is 23.4. The highest BCUT2D eigenvalue weighted by molar-refractivity contribution is 7.89. The molecule has 2 atom stereocenters. The third-order valence-electron chi connectivity index (χ3n) is 4.39. The molecule has 146 valence electrons. The number of nitrogens with zero attached hydrogens (tertiary/aromatic N) is 1. The summed E-state index contributed by atoms with van der Waals surface area (Å²) in [6.45, 7) is 4.37. The maximum atomic E-state index is 12.7. The molecule has 0 aliphatic carbocycles. The summed E-state index contributed by atoms with van der Waals surface area (Å²) in [6, 6.07) is 1.31. The van der Waals surface area contributed by atoms with Crippen molar-refractivity contribution in [2.24, 2.45) is 5.92 Å². The minimum Gasteiger partial charge on any atom is -0.475 e. The van der Waals surface area contributed by atoms with E-state index < -0.39 is 38.8 Å². The maximum absolute atomic E-state index is 12.7. The van der Waals surface area contributed by atoms with Gasteiger partial charge in [0.15, 0.2) is 0 Å². The maximum Gasteiger partial charge on any atom is 0.371 e. The molecule has 1 fully saturated rings. The number of furan rings is 1. The SMILES string of the molecule is COC(CNC(=O)C1CCCN1S(=O)(=O)c1ccc(C(=O)O)o1)C(C)C. The Labute approximate surface area is 152 Å². The molecule has 2 rings (SSSR count).